The number of nitrogens with one attached hydrogen (secondary N) is 1. The maximum atomic E-state index is 13.7. The Morgan fingerprint density at radius 3 is 2.40 bits per heavy atom. The first-order valence-electron chi connectivity index (χ1n) is 5.58. The van der Waals surface area contributed by atoms with E-state index in [1.54, 1.807) is 24.3 Å². The van der Waals surface area contributed by atoms with Gasteiger partial charge in [0.15, 0.2) is 0 Å². The lowest BCUT2D eigenvalue weighted by Gasteiger charge is -2.09. The van der Waals surface area contributed by atoms with Crippen molar-refractivity contribution in [1.82, 2.24) is 0 Å². The Bertz CT molecular complexity index is 675. The van der Waals surface area contributed by atoms with Crippen LogP contribution in [0.2, 0.25) is 5.02 Å². The Morgan fingerprint density at radius 1 is 1.20 bits per heavy atom. The zero-order chi connectivity index (χ0) is 14.7. The Labute approximate surface area is 128 Å². The van der Waals surface area contributed by atoms with Gasteiger partial charge in [-0.1, -0.05) is 11.6 Å². The van der Waals surface area contributed by atoms with E-state index in [1.807, 2.05) is 0 Å². The van der Waals surface area contributed by atoms with Crippen molar-refractivity contribution in [3.63, 3.8) is 0 Å². The average molecular weight is 358 g/mol. The lowest BCUT2D eigenvalue weighted by Crippen LogP contribution is -2.05. The van der Waals surface area contributed by atoms with Crippen molar-refractivity contribution in [2.24, 2.45) is 0 Å². The molecule has 0 aliphatic carbocycles. The van der Waals surface area contributed by atoms with Crippen LogP contribution in [0.3, 0.4) is 0 Å². The number of nitrogens with zero attached hydrogens (tertiary/aromatic N) is 1. The van der Waals surface area contributed by atoms with Gasteiger partial charge < -0.3 is 5.32 Å². The first-order chi connectivity index (χ1) is 9.51. The molecule has 0 atom stereocenters. The second-order valence-electron chi connectivity index (χ2n) is 4.01. The van der Waals surface area contributed by atoms with E-state index in [2.05, 4.69) is 21.2 Å². The molecule has 0 amide bonds. The van der Waals surface area contributed by atoms with Crippen LogP contribution in [0.5, 0.6) is 0 Å². The van der Waals surface area contributed by atoms with Crippen molar-refractivity contribution in [1.29, 1.82) is 5.26 Å². The van der Waals surface area contributed by atoms with E-state index in [0.29, 0.717) is 15.2 Å². The van der Waals surface area contributed by atoms with E-state index in [4.69, 9.17) is 16.9 Å². The third-order valence-electron chi connectivity index (χ3n) is 2.66. The van der Waals surface area contributed by atoms with Gasteiger partial charge in [0.05, 0.1) is 16.7 Å². The summed E-state index contributed by atoms with van der Waals surface area (Å²) >= 11 is 9.12. The number of halogens is 4. The fourth-order valence-corrected chi connectivity index (χ4v) is 2.13. The fourth-order valence-electron chi connectivity index (χ4n) is 1.63. The summed E-state index contributed by atoms with van der Waals surface area (Å²) in [5.74, 6) is -1.50. The maximum absolute atomic E-state index is 13.7. The van der Waals surface area contributed by atoms with E-state index < -0.39 is 11.6 Å². The molecule has 0 aliphatic rings. The quantitative estimate of drug-likeness (QED) is 0.851. The summed E-state index contributed by atoms with van der Waals surface area (Å²) in [4.78, 5) is 0. The summed E-state index contributed by atoms with van der Waals surface area (Å²) in [7, 11) is 0. The Morgan fingerprint density at radius 2 is 1.85 bits per heavy atom. The third kappa shape index (κ3) is 3.27. The number of hydrogen-bond acceptors (Lipinski definition) is 2. The highest BCUT2D eigenvalue weighted by atomic mass is 79.9. The minimum Gasteiger partial charge on any atom is -0.381 e. The van der Waals surface area contributed by atoms with E-state index in [1.165, 1.54) is 0 Å². The number of hydrogen-bond donors (Lipinski definition) is 1. The van der Waals surface area contributed by atoms with Crippen molar-refractivity contribution < 1.29 is 8.78 Å². The summed E-state index contributed by atoms with van der Waals surface area (Å²) in [6.07, 6.45) is 0. The lowest BCUT2D eigenvalue weighted by atomic mass is 10.1. The highest BCUT2D eigenvalue weighted by Gasteiger charge is 2.11. The van der Waals surface area contributed by atoms with Crippen LogP contribution in [0.25, 0.3) is 0 Å². The van der Waals surface area contributed by atoms with Crippen molar-refractivity contribution in [3.8, 4) is 6.07 Å². The summed E-state index contributed by atoms with van der Waals surface area (Å²) in [6, 6.07) is 8.80. The minimum absolute atomic E-state index is 0.0303. The number of anilines is 1. The molecule has 0 fully saturated rings. The molecule has 102 valence electrons. The van der Waals surface area contributed by atoms with Gasteiger partial charge >= 0.3 is 0 Å². The molecule has 2 aromatic carbocycles. The van der Waals surface area contributed by atoms with Crippen LogP contribution in [0.1, 0.15) is 11.1 Å². The van der Waals surface area contributed by atoms with Crippen molar-refractivity contribution in [2.45, 2.75) is 6.54 Å². The van der Waals surface area contributed by atoms with Crippen molar-refractivity contribution >= 4 is 33.2 Å². The predicted octanol–water partition coefficient (Wildman–Crippen LogP) is 4.86. The summed E-state index contributed by atoms with van der Waals surface area (Å²) in [5.41, 5.74) is 0.512. The molecule has 0 heterocycles. The Hall–Kier alpha value is -1.64. The van der Waals surface area contributed by atoms with Gasteiger partial charge in [0.2, 0.25) is 0 Å². The van der Waals surface area contributed by atoms with Crippen molar-refractivity contribution in [3.05, 3.63) is 62.6 Å². The largest absolute Gasteiger partial charge is 0.381 e. The molecule has 0 saturated carbocycles. The third-order valence-corrected chi connectivity index (χ3v) is 3.87. The molecule has 0 unspecified atom stereocenters. The normalized spacial score (nSPS) is 10.2. The molecule has 0 radical (unpaired) electrons. The zero-order valence-electron chi connectivity index (χ0n) is 10.1. The van der Waals surface area contributed by atoms with E-state index in [9.17, 15) is 8.78 Å². The van der Waals surface area contributed by atoms with E-state index in [-0.39, 0.29) is 17.7 Å². The van der Waals surface area contributed by atoms with Gasteiger partial charge in [-0.15, -0.1) is 0 Å². The second-order valence-corrected chi connectivity index (χ2v) is 5.27. The molecule has 2 nitrogen and oxygen atoms in total. The summed E-state index contributed by atoms with van der Waals surface area (Å²) in [6.45, 7) is -0.0303. The second kappa shape index (κ2) is 6.21. The van der Waals surface area contributed by atoms with Crippen LogP contribution >= 0.6 is 27.5 Å². The van der Waals surface area contributed by atoms with Gasteiger partial charge in [0.1, 0.15) is 11.6 Å². The van der Waals surface area contributed by atoms with Crippen LogP contribution in [0, 0.1) is 23.0 Å². The lowest BCUT2D eigenvalue weighted by molar-refractivity contribution is 0.559. The molecule has 0 aromatic heterocycles. The SMILES string of the molecule is N#Cc1cc(F)c(CNc2ccc(Cl)c(Br)c2)c(F)c1. The zero-order valence-corrected chi connectivity index (χ0v) is 12.4. The molecule has 0 spiro atoms. The minimum atomic E-state index is -0.748. The molecule has 2 rings (SSSR count). The first-order valence-corrected chi connectivity index (χ1v) is 6.75. The summed E-state index contributed by atoms with van der Waals surface area (Å²) in [5, 5.41) is 12.1. The predicted molar refractivity (Wildman–Crippen MR) is 77.6 cm³/mol. The van der Waals surface area contributed by atoms with Gasteiger partial charge in [0, 0.05) is 22.3 Å². The topological polar surface area (TPSA) is 35.8 Å². The smallest absolute Gasteiger partial charge is 0.132 e. The molecule has 20 heavy (non-hydrogen) atoms. The number of rotatable bonds is 3. The van der Waals surface area contributed by atoms with Crippen LogP contribution < -0.4 is 5.32 Å². The van der Waals surface area contributed by atoms with Crippen LogP contribution in [0.15, 0.2) is 34.8 Å². The van der Waals surface area contributed by atoms with Gasteiger partial charge in [-0.2, -0.15) is 5.26 Å². The molecule has 6 heteroatoms. The van der Waals surface area contributed by atoms with E-state index in [0.717, 1.165) is 12.1 Å². The van der Waals surface area contributed by atoms with Gasteiger partial charge in [0.25, 0.3) is 0 Å². The number of nitriles is 1. The molecule has 0 aliphatic heterocycles. The maximum Gasteiger partial charge on any atom is 0.132 e. The van der Waals surface area contributed by atoms with Crippen LogP contribution in [-0.2, 0) is 6.54 Å². The molecule has 0 saturated heterocycles. The number of benzene rings is 2. The van der Waals surface area contributed by atoms with Gasteiger partial charge in [-0.25, -0.2) is 8.78 Å². The fraction of sp³-hybridized carbons (Fsp3) is 0.0714. The highest BCUT2D eigenvalue weighted by Crippen LogP contribution is 2.26. The molecular weight excluding hydrogens is 350 g/mol. The molecular formula is C14H8BrClF2N2. The van der Waals surface area contributed by atoms with Crippen molar-refractivity contribution in [2.75, 3.05) is 5.32 Å². The molecule has 0 bridgehead atoms. The van der Waals surface area contributed by atoms with E-state index >= 15 is 0 Å². The standard InChI is InChI=1S/C14H8BrClF2N2/c15-11-5-9(1-2-12(11)16)20-7-10-13(17)3-8(6-19)4-14(10)18/h1-5,20H,7H2. The van der Waals surface area contributed by atoms with Crippen LogP contribution in [-0.4, -0.2) is 0 Å². The molecule has 1 N–H and O–H groups in total. The van der Waals surface area contributed by atoms with Gasteiger partial charge in [-0.3, -0.25) is 0 Å². The Kier molecular flexibility index (Phi) is 4.58. The van der Waals surface area contributed by atoms with Gasteiger partial charge in [-0.05, 0) is 46.3 Å². The highest BCUT2D eigenvalue weighted by molar-refractivity contribution is 9.10. The Balaban J connectivity index is 2.19. The van der Waals surface area contributed by atoms with Crippen LogP contribution in [0.4, 0.5) is 14.5 Å². The molecule has 2 aromatic rings. The monoisotopic (exact) mass is 356 g/mol. The first kappa shape index (κ1) is 14.8. The summed E-state index contributed by atoms with van der Waals surface area (Å²) < 4.78 is 28.1. The average Bonchev–Trinajstić information content (AvgIpc) is 2.41.